The van der Waals surface area contributed by atoms with Crippen molar-refractivity contribution >= 4 is 40.8 Å². The molecule has 0 aliphatic rings. The topological polar surface area (TPSA) is 113 Å². The van der Waals surface area contributed by atoms with Crippen LogP contribution in [0.25, 0.3) is 5.69 Å². The highest BCUT2D eigenvalue weighted by Gasteiger charge is 2.22. The normalized spacial score (nSPS) is 11.9. The molecule has 2 heterocycles. The molecule has 4 aromatic rings. The van der Waals surface area contributed by atoms with Crippen molar-refractivity contribution in [1.29, 1.82) is 0 Å². The first-order valence-electron chi connectivity index (χ1n) is 11.6. The Morgan fingerprint density at radius 1 is 1.16 bits per heavy atom. The average Bonchev–Trinajstić information content (AvgIpc) is 3.51. The summed E-state index contributed by atoms with van der Waals surface area (Å²) in [6.07, 6.45) is 4.21. The number of hydrogen-bond acceptors (Lipinski definition) is 5. The fourth-order valence-electron chi connectivity index (χ4n) is 3.88. The Morgan fingerprint density at radius 2 is 1.92 bits per heavy atom. The molecule has 0 fully saturated rings. The molecule has 2 aromatic carbocycles. The van der Waals surface area contributed by atoms with Gasteiger partial charge in [0.2, 0.25) is 0 Å². The molecule has 4 rings (SSSR count). The number of aromatic amines is 1. The standard InChI is InChI=1S/C27H27IN6O3/c1-18-12-21(19(2)34(18)24-10-8-22(28)9-11-24)14-31-33-26(35)25(13-23-15-29-17-30-23)32-27(36)37-16-20-6-4-3-5-7-20/h3-12,14-15,17,25H,13,16H2,1-2H3,(H,29,30)(H,32,36)(H,33,35)/b31-14-/t25-/m0/s1. The van der Waals surface area contributed by atoms with Crippen LogP contribution in [-0.2, 0) is 22.6 Å². The van der Waals surface area contributed by atoms with Crippen LogP contribution in [0.4, 0.5) is 4.79 Å². The molecule has 0 bridgehead atoms. The molecule has 0 saturated carbocycles. The second kappa shape index (κ2) is 12.3. The lowest BCUT2D eigenvalue weighted by molar-refractivity contribution is -0.123. The van der Waals surface area contributed by atoms with Gasteiger partial charge in [0, 0.05) is 44.5 Å². The Bertz CT molecular complexity index is 1370. The van der Waals surface area contributed by atoms with Crippen molar-refractivity contribution in [3.05, 3.63) is 105 Å². The number of benzene rings is 2. The molecule has 0 aliphatic carbocycles. The van der Waals surface area contributed by atoms with Crippen molar-refractivity contribution in [1.82, 2.24) is 25.3 Å². The van der Waals surface area contributed by atoms with E-state index in [2.05, 4.69) is 77.2 Å². The van der Waals surface area contributed by atoms with Crippen LogP contribution in [0.3, 0.4) is 0 Å². The van der Waals surface area contributed by atoms with E-state index in [1.54, 1.807) is 12.4 Å². The van der Waals surface area contributed by atoms with E-state index in [0.717, 1.165) is 31.8 Å². The fourth-order valence-corrected chi connectivity index (χ4v) is 4.24. The largest absolute Gasteiger partial charge is 0.445 e. The van der Waals surface area contributed by atoms with E-state index in [1.165, 1.54) is 6.33 Å². The van der Waals surface area contributed by atoms with Crippen LogP contribution < -0.4 is 10.7 Å². The number of rotatable bonds is 9. The molecule has 0 spiro atoms. The molecular weight excluding hydrogens is 583 g/mol. The summed E-state index contributed by atoms with van der Waals surface area (Å²) in [5.74, 6) is -0.478. The maximum atomic E-state index is 12.9. The fraction of sp³-hybridized carbons (Fsp3) is 0.185. The number of carbonyl (C=O) groups is 2. The number of nitrogens with one attached hydrogen (secondary N) is 3. The number of ether oxygens (including phenoxy) is 1. The zero-order chi connectivity index (χ0) is 26.2. The van der Waals surface area contributed by atoms with Gasteiger partial charge in [-0.05, 0) is 72.3 Å². The Kier molecular flexibility index (Phi) is 8.72. The van der Waals surface area contributed by atoms with E-state index in [-0.39, 0.29) is 13.0 Å². The van der Waals surface area contributed by atoms with Crippen molar-refractivity contribution < 1.29 is 14.3 Å². The number of hydrogen-bond donors (Lipinski definition) is 3. The summed E-state index contributed by atoms with van der Waals surface area (Å²) >= 11 is 2.28. The van der Waals surface area contributed by atoms with Crippen molar-refractivity contribution in [3.63, 3.8) is 0 Å². The lowest BCUT2D eigenvalue weighted by Gasteiger charge is -2.16. The molecule has 0 radical (unpaired) electrons. The molecule has 1 atom stereocenters. The summed E-state index contributed by atoms with van der Waals surface area (Å²) in [6, 6.07) is 18.6. The van der Waals surface area contributed by atoms with Gasteiger partial charge in [0.25, 0.3) is 5.91 Å². The zero-order valence-corrected chi connectivity index (χ0v) is 22.6. The molecule has 2 amide bonds. The van der Waals surface area contributed by atoms with Gasteiger partial charge in [-0.2, -0.15) is 5.10 Å². The Hall–Kier alpha value is -3.93. The number of alkyl carbamates (subject to hydrolysis) is 1. The van der Waals surface area contributed by atoms with Gasteiger partial charge in [-0.1, -0.05) is 30.3 Å². The number of aryl methyl sites for hydroxylation is 1. The number of amides is 2. The van der Waals surface area contributed by atoms with E-state index in [0.29, 0.717) is 5.69 Å². The highest BCUT2D eigenvalue weighted by molar-refractivity contribution is 14.1. The first kappa shape index (κ1) is 26.1. The van der Waals surface area contributed by atoms with E-state index in [1.807, 2.05) is 50.2 Å². The maximum absolute atomic E-state index is 12.9. The monoisotopic (exact) mass is 610 g/mol. The molecule has 9 nitrogen and oxygen atoms in total. The number of aromatic nitrogens is 3. The predicted octanol–water partition coefficient (Wildman–Crippen LogP) is 4.41. The SMILES string of the molecule is Cc1cc(/C=N\NC(=O)[C@H](Cc2cnc[nH]2)NC(=O)OCc2ccccc2)c(C)n1-c1ccc(I)cc1. The second-order valence-electron chi connectivity index (χ2n) is 8.41. The van der Waals surface area contributed by atoms with Gasteiger partial charge in [-0.15, -0.1) is 0 Å². The third-order valence-corrected chi connectivity index (χ3v) is 6.45. The van der Waals surface area contributed by atoms with Crippen LogP contribution in [0.5, 0.6) is 0 Å². The van der Waals surface area contributed by atoms with Crippen LogP contribution in [0, 0.1) is 17.4 Å². The number of imidazole rings is 1. The van der Waals surface area contributed by atoms with Crippen molar-refractivity contribution in [2.45, 2.75) is 32.9 Å². The second-order valence-corrected chi connectivity index (χ2v) is 9.66. The number of hydrazone groups is 1. The van der Waals surface area contributed by atoms with Gasteiger partial charge in [-0.25, -0.2) is 15.2 Å². The van der Waals surface area contributed by atoms with Gasteiger partial charge in [-0.3, -0.25) is 4.79 Å². The van der Waals surface area contributed by atoms with E-state index in [4.69, 9.17) is 4.74 Å². The highest BCUT2D eigenvalue weighted by atomic mass is 127. The van der Waals surface area contributed by atoms with Gasteiger partial charge in [0.15, 0.2) is 0 Å². The van der Waals surface area contributed by atoms with Crippen molar-refractivity contribution in [3.8, 4) is 5.69 Å². The molecule has 10 heteroatoms. The van der Waals surface area contributed by atoms with Gasteiger partial charge in [0.05, 0.1) is 12.5 Å². The molecule has 2 aromatic heterocycles. The van der Waals surface area contributed by atoms with E-state index >= 15 is 0 Å². The highest BCUT2D eigenvalue weighted by Crippen LogP contribution is 2.20. The molecule has 37 heavy (non-hydrogen) atoms. The number of nitrogens with zero attached hydrogens (tertiary/aromatic N) is 3. The summed E-state index contributed by atoms with van der Waals surface area (Å²) in [5, 5.41) is 6.78. The summed E-state index contributed by atoms with van der Waals surface area (Å²) in [5.41, 5.74) is 8.04. The smallest absolute Gasteiger partial charge is 0.408 e. The molecule has 0 aliphatic heterocycles. The Morgan fingerprint density at radius 3 is 2.62 bits per heavy atom. The summed E-state index contributed by atoms with van der Waals surface area (Å²) < 4.78 is 8.58. The van der Waals surface area contributed by atoms with Gasteiger partial charge in [0.1, 0.15) is 12.6 Å². The first-order chi connectivity index (χ1) is 17.9. The maximum Gasteiger partial charge on any atom is 0.408 e. The van der Waals surface area contributed by atoms with E-state index in [9.17, 15) is 9.59 Å². The predicted molar refractivity (Wildman–Crippen MR) is 150 cm³/mol. The van der Waals surface area contributed by atoms with Crippen LogP contribution in [-0.4, -0.2) is 38.8 Å². The number of carbonyl (C=O) groups excluding carboxylic acids is 2. The number of H-pyrrole nitrogens is 1. The van der Waals surface area contributed by atoms with E-state index < -0.39 is 18.0 Å². The van der Waals surface area contributed by atoms with Gasteiger partial charge < -0.3 is 19.6 Å². The third kappa shape index (κ3) is 7.06. The third-order valence-electron chi connectivity index (χ3n) is 5.73. The first-order valence-corrected chi connectivity index (χ1v) is 12.7. The number of halogens is 1. The molecule has 0 saturated heterocycles. The summed E-state index contributed by atoms with van der Waals surface area (Å²) in [4.78, 5) is 32.3. The zero-order valence-electron chi connectivity index (χ0n) is 20.4. The molecule has 3 N–H and O–H groups in total. The minimum Gasteiger partial charge on any atom is -0.445 e. The van der Waals surface area contributed by atoms with Crippen LogP contribution in [0.1, 0.15) is 28.2 Å². The molecule has 0 unspecified atom stereocenters. The summed E-state index contributed by atoms with van der Waals surface area (Å²) in [7, 11) is 0. The van der Waals surface area contributed by atoms with Crippen LogP contribution in [0.15, 0.2) is 78.3 Å². The van der Waals surface area contributed by atoms with Crippen molar-refractivity contribution in [2.24, 2.45) is 5.10 Å². The van der Waals surface area contributed by atoms with Crippen molar-refractivity contribution in [2.75, 3.05) is 0 Å². The Balaban J connectivity index is 1.41. The van der Waals surface area contributed by atoms with Gasteiger partial charge >= 0.3 is 6.09 Å². The van der Waals surface area contributed by atoms with Crippen LogP contribution in [0.2, 0.25) is 0 Å². The minimum atomic E-state index is -0.917. The minimum absolute atomic E-state index is 0.0966. The quantitative estimate of drug-likeness (QED) is 0.148. The van der Waals surface area contributed by atoms with Crippen LogP contribution >= 0.6 is 22.6 Å². The summed E-state index contributed by atoms with van der Waals surface area (Å²) in [6.45, 7) is 4.12. The Labute approximate surface area is 228 Å². The lowest BCUT2D eigenvalue weighted by atomic mass is 10.1. The molecular formula is C27H27IN6O3. The molecule has 190 valence electrons. The average molecular weight is 610 g/mol. The lowest BCUT2D eigenvalue weighted by Crippen LogP contribution is -2.47.